The van der Waals surface area contributed by atoms with Crippen LogP contribution >= 0.6 is 11.6 Å². The van der Waals surface area contributed by atoms with Crippen molar-refractivity contribution in [3.8, 4) is 0 Å². The second-order valence-electron chi connectivity index (χ2n) is 6.94. The first kappa shape index (κ1) is 17.7. The van der Waals surface area contributed by atoms with Crippen LogP contribution in [0.15, 0.2) is 30.3 Å². The number of hydrogen-bond donors (Lipinski definition) is 1. The van der Waals surface area contributed by atoms with Crippen molar-refractivity contribution in [2.45, 2.75) is 38.1 Å². The molecule has 4 rings (SSSR count). The van der Waals surface area contributed by atoms with Crippen LogP contribution in [-0.2, 0) is 0 Å². The smallest absolute Gasteiger partial charge is 0.281 e. The number of halogens is 1. The maximum absolute atomic E-state index is 13.2. The summed E-state index contributed by atoms with van der Waals surface area (Å²) >= 11 is 6.25. The van der Waals surface area contributed by atoms with E-state index in [9.17, 15) is 19.7 Å². The monoisotopic (exact) mass is 384 g/mol. The van der Waals surface area contributed by atoms with E-state index in [2.05, 4.69) is 5.32 Å². The van der Waals surface area contributed by atoms with Gasteiger partial charge in [-0.2, -0.15) is 0 Å². The van der Waals surface area contributed by atoms with E-state index in [4.69, 9.17) is 11.6 Å². The van der Waals surface area contributed by atoms with Gasteiger partial charge in [0.05, 0.1) is 21.1 Å². The van der Waals surface area contributed by atoms with E-state index in [1.54, 1.807) is 12.1 Å². The summed E-state index contributed by atoms with van der Waals surface area (Å²) in [6.45, 7) is 0. The summed E-state index contributed by atoms with van der Waals surface area (Å²) in [4.78, 5) is 37.0. The van der Waals surface area contributed by atoms with E-state index in [-0.39, 0.29) is 39.0 Å². The van der Waals surface area contributed by atoms with E-state index in [1.807, 2.05) is 0 Å². The molecule has 27 heavy (non-hydrogen) atoms. The topological polar surface area (TPSA) is 89.3 Å². The molecule has 0 unspecified atom stereocenters. The summed E-state index contributed by atoms with van der Waals surface area (Å²) in [7, 11) is 0. The van der Waals surface area contributed by atoms with Gasteiger partial charge in [-0.15, -0.1) is 0 Å². The Labute approximate surface area is 160 Å². The van der Waals surface area contributed by atoms with Crippen molar-refractivity contribution in [3.63, 3.8) is 0 Å². The fourth-order valence-corrected chi connectivity index (χ4v) is 4.25. The van der Waals surface area contributed by atoms with E-state index < -0.39 is 16.5 Å². The number of carbonyl (C=O) groups excluding carboxylic acids is 2. The quantitative estimate of drug-likeness (QED) is 0.519. The molecule has 0 amide bonds. The summed E-state index contributed by atoms with van der Waals surface area (Å²) in [6, 6.07) is 7.57. The lowest BCUT2D eigenvalue weighted by Gasteiger charge is -2.27. The van der Waals surface area contributed by atoms with E-state index in [0.717, 1.165) is 25.7 Å². The van der Waals surface area contributed by atoms with Gasteiger partial charge in [0, 0.05) is 23.4 Å². The van der Waals surface area contributed by atoms with Gasteiger partial charge in [0.15, 0.2) is 5.78 Å². The fraction of sp³-hybridized carbons (Fsp3) is 0.300. The predicted octanol–water partition coefficient (Wildman–Crippen LogP) is 4.77. The van der Waals surface area contributed by atoms with E-state index in [1.165, 1.54) is 24.6 Å². The number of nitrogens with one attached hydrogen (secondary N) is 1. The molecule has 6 nitrogen and oxygen atoms in total. The molecule has 0 atom stereocenters. The number of nitro groups is 1. The molecule has 0 heterocycles. The zero-order valence-electron chi connectivity index (χ0n) is 14.5. The molecule has 0 bridgehead atoms. The molecule has 1 saturated carbocycles. The highest BCUT2D eigenvalue weighted by molar-refractivity contribution is 6.40. The lowest BCUT2D eigenvalue weighted by molar-refractivity contribution is -0.385. The summed E-state index contributed by atoms with van der Waals surface area (Å²) in [5.74, 6) is -0.992. The van der Waals surface area contributed by atoms with Gasteiger partial charge in [0.2, 0.25) is 5.78 Å². The van der Waals surface area contributed by atoms with Crippen molar-refractivity contribution < 1.29 is 14.5 Å². The van der Waals surface area contributed by atoms with Crippen molar-refractivity contribution in [1.82, 2.24) is 0 Å². The number of hydrogen-bond acceptors (Lipinski definition) is 5. The van der Waals surface area contributed by atoms with Gasteiger partial charge in [0.25, 0.3) is 5.69 Å². The lowest BCUT2D eigenvalue weighted by Crippen LogP contribution is -2.27. The number of fused-ring (bicyclic) bond motifs is 2. The Kier molecular flexibility index (Phi) is 4.44. The van der Waals surface area contributed by atoms with Crippen LogP contribution < -0.4 is 5.32 Å². The van der Waals surface area contributed by atoms with Crippen molar-refractivity contribution in [3.05, 3.63) is 67.7 Å². The minimum atomic E-state index is -0.631. The molecule has 138 valence electrons. The number of benzene rings is 2. The molecule has 7 heteroatoms. The van der Waals surface area contributed by atoms with Crippen LogP contribution in [0, 0.1) is 10.1 Å². The largest absolute Gasteiger partial charge is 0.382 e. The molecule has 2 aromatic carbocycles. The van der Waals surface area contributed by atoms with Crippen molar-refractivity contribution in [1.29, 1.82) is 0 Å². The standard InChI is InChI=1S/C20H17ClN2O4/c21-13-9-10-14(22-11-5-2-1-3-6-11)18-17(13)19(24)12-7-4-8-15(23(26)27)16(12)20(18)25/h4,7-11,22H,1-3,5-6H2. The first-order valence-corrected chi connectivity index (χ1v) is 9.32. The van der Waals surface area contributed by atoms with E-state index in [0.29, 0.717) is 5.69 Å². The molecular formula is C20H17ClN2O4. The Morgan fingerprint density at radius 3 is 2.41 bits per heavy atom. The number of ketones is 2. The third-order valence-electron chi connectivity index (χ3n) is 5.28. The lowest BCUT2D eigenvalue weighted by atomic mass is 9.82. The van der Waals surface area contributed by atoms with Gasteiger partial charge >= 0.3 is 0 Å². The molecule has 2 aromatic rings. The molecular weight excluding hydrogens is 368 g/mol. The third kappa shape index (κ3) is 2.90. The van der Waals surface area contributed by atoms with Crippen LogP contribution in [0.4, 0.5) is 11.4 Å². The predicted molar refractivity (Wildman–Crippen MR) is 102 cm³/mol. The minimum Gasteiger partial charge on any atom is -0.382 e. The zero-order valence-corrected chi connectivity index (χ0v) is 15.2. The van der Waals surface area contributed by atoms with Crippen LogP contribution in [0.3, 0.4) is 0 Å². The Balaban J connectivity index is 1.87. The Morgan fingerprint density at radius 1 is 0.963 bits per heavy atom. The van der Waals surface area contributed by atoms with Gasteiger partial charge in [-0.05, 0) is 31.0 Å². The van der Waals surface area contributed by atoms with Crippen LogP contribution in [0.2, 0.25) is 5.02 Å². The minimum absolute atomic E-state index is 0.0263. The van der Waals surface area contributed by atoms with Gasteiger partial charge in [0.1, 0.15) is 5.56 Å². The summed E-state index contributed by atoms with van der Waals surface area (Å²) in [5, 5.41) is 14.9. The SMILES string of the molecule is O=C1c2cccc([N+](=O)[O-])c2C(=O)c2c(NC3CCCCC3)ccc(Cl)c21. The van der Waals surface area contributed by atoms with Crippen molar-refractivity contribution >= 4 is 34.5 Å². The van der Waals surface area contributed by atoms with Crippen molar-refractivity contribution in [2.75, 3.05) is 5.32 Å². The van der Waals surface area contributed by atoms with Crippen LogP contribution in [0.5, 0.6) is 0 Å². The fourth-order valence-electron chi connectivity index (χ4n) is 4.00. The van der Waals surface area contributed by atoms with Gasteiger partial charge in [-0.1, -0.05) is 36.9 Å². The number of anilines is 1. The molecule has 0 spiro atoms. The number of carbonyl (C=O) groups is 2. The average molecular weight is 385 g/mol. The summed E-state index contributed by atoms with van der Waals surface area (Å²) in [6.07, 6.45) is 5.36. The highest BCUT2D eigenvalue weighted by Gasteiger charge is 2.38. The molecule has 1 fully saturated rings. The molecule has 0 aliphatic heterocycles. The number of rotatable bonds is 3. The first-order valence-electron chi connectivity index (χ1n) is 8.95. The maximum Gasteiger partial charge on any atom is 0.281 e. The molecule has 0 radical (unpaired) electrons. The van der Waals surface area contributed by atoms with Crippen LogP contribution in [0.1, 0.15) is 63.9 Å². The van der Waals surface area contributed by atoms with Gasteiger partial charge in [-0.25, -0.2) is 0 Å². The Hall–Kier alpha value is -2.73. The summed E-state index contributed by atoms with van der Waals surface area (Å²) < 4.78 is 0. The molecule has 2 aliphatic carbocycles. The maximum atomic E-state index is 13.2. The average Bonchev–Trinajstić information content (AvgIpc) is 2.67. The second kappa shape index (κ2) is 6.78. The normalized spacial score (nSPS) is 16.6. The van der Waals surface area contributed by atoms with Gasteiger partial charge < -0.3 is 5.32 Å². The van der Waals surface area contributed by atoms with Crippen LogP contribution in [0.25, 0.3) is 0 Å². The van der Waals surface area contributed by atoms with Gasteiger partial charge in [-0.3, -0.25) is 19.7 Å². The van der Waals surface area contributed by atoms with Crippen LogP contribution in [-0.4, -0.2) is 22.5 Å². The molecule has 1 N–H and O–H groups in total. The number of nitro benzene ring substituents is 1. The highest BCUT2D eigenvalue weighted by Crippen LogP contribution is 2.39. The summed E-state index contributed by atoms with van der Waals surface area (Å²) in [5.41, 5.74) is 0.284. The number of nitrogens with zero attached hydrogens (tertiary/aromatic N) is 1. The van der Waals surface area contributed by atoms with E-state index >= 15 is 0 Å². The molecule has 0 saturated heterocycles. The molecule has 0 aromatic heterocycles. The highest BCUT2D eigenvalue weighted by atomic mass is 35.5. The second-order valence-corrected chi connectivity index (χ2v) is 7.35. The Bertz CT molecular complexity index is 980. The third-order valence-corrected chi connectivity index (χ3v) is 5.60. The molecule has 2 aliphatic rings. The first-order chi connectivity index (χ1) is 13.0. The Morgan fingerprint density at radius 2 is 1.70 bits per heavy atom. The zero-order chi connectivity index (χ0) is 19.1. The van der Waals surface area contributed by atoms with Crippen molar-refractivity contribution in [2.24, 2.45) is 0 Å².